The molecule has 0 bridgehead atoms. The molecule has 0 saturated carbocycles. The van der Waals surface area contributed by atoms with Crippen molar-refractivity contribution in [3.8, 4) is 0 Å². The zero-order valence-electron chi connectivity index (χ0n) is 47.1. The summed E-state index contributed by atoms with van der Waals surface area (Å²) < 4.78 is 0. The predicted octanol–water partition coefficient (Wildman–Crippen LogP) is 2.18. The van der Waals surface area contributed by atoms with E-state index < -0.39 is 35.9 Å². The molecule has 83 heavy (non-hydrogen) atoms. The van der Waals surface area contributed by atoms with Crippen LogP contribution in [-0.2, 0) is 75.2 Å². The molecule has 1 aliphatic heterocycles. The number of hydrogen-bond donors (Lipinski definition) is 8. The van der Waals surface area contributed by atoms with Crippen LogP contribution in [0, 0.1) is 5.92 Å². The molecule has 0 radical (unpaired) electrons. The zero-order chi connectivity index (χ0) is 62.4. The van der Waals surface area contributed by atoms with Crippen molar-refractivity contribution in [2.45, 2.75) is 89.1 Å². The molecular weight excluding hydrogens is 1100 g/mol. The molecule has 4 rings (SSSR count). The second-order valence-electron chi connectivity index (χ2n) is 19.2. The molecule has 26 nitrogen and oxygen atoms in total. The number of rotatable bonds is 27. The van der Waals surface area contributed by atoms with Crippen LogP contribution in [0.5, 0.6) is 0 Å². The van der Waals surface area contributed by atoms with E-state index in [0.29, 0.717) is 56.7 Å². The zero-order valence-corrected chi connectivity index (χ0v) is 47.9. The number of fused-ring (bicyclic) bond motifs is 1. The fourth-order valence-corrected chi connectivity index (χ4v) is 8.77. The summed E-state index contributed by atoms with van der Waals surface area (Å²) in [6.07, 6.45) is 5.87. The summed E-state index contributed by atoms with van der Waals surface area (Å²) in [5.74, 6) is -3.84. The number of Topliss-reactive ketones (excluding diaryl/α,β-unsaturated/α-hetero) is 1. The number of hydrogen-bond acceptors (Lipinski definition) is 19. The van der Waals surface area contributed by atoms with Crippen LogP contribution < -0.4 is 26.6 Å². The van der Waals surface area contributed by atoms with Gasteiger partial charge in [-0.05, 0) is 119 Å². The van der Waals surface area contributed by atoms with Crippen LogP contribution in [-0.4, -0.2) is 205 Å². The minimum absolute atomic E-state index is 0.00421. The first-order chi connectivity index (χ1) is 39.7. The van der Waals surface area contributed by atoms with E-state index in [9.17, 15) is 39.0 Å². The molecule has 1 saturated heterocycles. The summed E-state index contributed by atoms with van der Waals surface area (Å²) >= 11 is 5.59. The number of nitrogens with zero attached hydrogens (tertiary/aromatic N) is 4. The molecule has 27 heteroatoms. The highest BCUT2D eigenvalue weighted by Crippen LogP contribution is 2.21. The second kappa shape index (κ2) is 46.4. The van der Waals surface area contributed by atoms with Crippen molar-refractivity contribution in [2.75, 3.05) is 98.5 Å². The first-order valence-corrected chi connectivity index (χ1v) is 27.0. The molecule has 3 atom stereocenters. The number of carbonyl (C=O) groups is 6. The Morgan fingerprint density at radius 1 is 0.602 bits per heavy atom. The summed E-state index contributed by atoms with van der Waals surface area (Å²) in [4.78, 5) is 147. The maximum atomic E-state index is 13.6. The molecule has 3 aromatic carbocycles. The van der Waals surface area contributed by atoms with Crippen molar-refractivity contribution in [2.24, 2.45) is 5.92 Å². The van der Waals surface area contributed by atoms with Gasteiger partial charge in [0.1, 0.15) is 11.8 Å². The second-order valence-corrected chi connectivity index (χ2v) is 19.6. The van der Waals surface area contributed by atoms with Crippen LogP contribution in [0.1, 0.15) is 75.3 Å². The number of thiocarbonyl (C=S) groups is 1. The first-order valence-electron chi connectivity index (χ1n) is 26.6. The predicted molar refractivity (Wildman–Crippen MR) is 301 cm³/mol. The van der Waals surface area contributed by atoms with Gasteiger partial charge in [-0.3, -0.25) is 24.1 Å². The number of amides is 3. The smallest absolute Gasteiger partial charge is 0.373 e. The summed E-state index contributed by atoms with van der Waals surface area (Å²) in [7, 11) is 6.34. The molecule has 1 aliphatic rings. The third kappa shape index (κ3) is 37.4. The summed E-state index contributed by atoms with van der Waals surface area (Å²) in [6.45, 7) is 6.94. The Balaban J connectivity index is 0.00000514. The SMILES string of the molecule is CN1CCN(C)CCN(CC(=O)O)C(Cc2ccc(NC(=S)NCCCCCC(=O)C[C@@H](Cc3ccc4ccccc4c3)C(=O)NCCCC[C@H](NC(=O)NCCCC(=O)O)C(=O)O)cc2)CN(C)CC1.O=C=O.O=C=O.O=C=O.O=C=O. The van der Waals surface area contributed by atoms with Gasteiger partial charge in [-0.25, -0.2) is 9.59 Å². The summed E-state index contributed by atoms with van der Waals surface area (Å²) in [5.41, 5.74) is 2.90. The summed E-state index contributed by atoms with van der Waals surface area (Å²) in [5, 5.41) is 45.1. The third-order valence-electron chi connectivity index (χ3n) is 12.8. The van der Waals surface area contributed by atoms with E-state index in [4.69, 9.17) is 55.7 Å². The van der Waals surface area contributed by atoms with Gasteiger partial charge in [0.25, 0.3) is 0 Å². The lowest BCUT2D eigenvalue weighted by molar-refractivity contribution is -0.193. The van der Waals surface area contributed by atoms with Gasteiger partial charge in [0.15, 0.2) is 5.11 Å². The van der Waals surface area contributed by atoms with E-state index in [1.807, 2.05) is 54.6 Å². The van der Waals surface area contributed by atoms with E-state index in [-0.39, 0.29) is 87.7 Å². The maximum Gasteiger partial charge on any atom is 0.373 e. The average Bonchev–Trinajstić information content (AvgIpc) is 3.43. The van der Waals surface area contributed by atoms with Gasteiger partial charge >= 0.3 is 48.5 Å². The largest absolute Gasteiger partial charge is 0.481 e. The highest BCUT2D eigenvalue weighted by atomic mass is 32.1. The van der Waals surface area contributed by atoms with E-state index in [1.165, 1.54) is 0 Å². The highest BCUT2D eigenvalue weighted by Gasteiger charge is 2.26. The van der Waals surface area contributed by atoms with Crippen LogP contribution in [0.4, 0.5) is 10.5 Å². The Hall–Kier alpha value is -8.21. The van der Waals surface area contributed by atoms with Crippen LogP contribution in [0.25, 0.3) is 10.8 Å². The minimum atomic E-state index is -1.20. The molecule has 1 fully saturated rings. The monoisotopic (exact) mass is 1180 g/mol. The number of anilines is 1. The van der Waals surface area contributed by atoms with Gasteiger partial charge in [-0.2, -0.15) is 38.4 Å². The Labute approximate surface area is 487 Å². The van der Waals surface area contributed by atoms with Crippen molar-refractivity contribution in [1.29, 1.82) is 0 Å². The molecule has 1 unspecified atom stereocenters. The van der Waals surface area contributed by atoms with Crippen LogP contribution in [0.2, 0.25) is 0 Å². The number of benzene rings is 3. The fourth-order valence-electron chi connectivity index (χ4n) is 8.55. The molecule has 0 spiro atoms. The Bertz CT molecular complexity index is 2540. The number of nitrogens with one attached hydrogen (secondary N) is 5. The number of likely N-dealkylation sites (N-methyl/N-ethyl adjacent to an activating group) is 3. The van der Waals surface area contributed by atoms with Crippen molar-refractivity contribution >= 4 is 94.0 Å². The number of carboxylic acid groups (broad SMARTS) is 3. The lowest BCUT2D eigenvalue weighted by Gasteiger charge is -2.36. The van der Waals surface area contributed by atoms with Crippen molar-refractivity contribution < 1.29 is 82.4 Å². The van der Waals surface area contributed by atoms with E-state index in [1.54, 1.807) is 0 Å². The minimum Gasteiger partial charge on any atom is -0.481 e. The van der Waals surface area contributed by atoms with Gasteiger partial charge in [0, 0.05) is 102 Å². The van der Waals surface area contributed by atoms with Crippen LogP contribution >= 0.6 is 12.2 Å². The van der Waals surface area contributed by atoms with Gasteiger partial charge < -0.3 is 56.6 Å². The van der Waals surface area contributed by atoms with Gasteiger partial charge in [-0.15, -0.1) is 0 Å². The van der Waals surface area contributed by atoms with Gasteiger partial charge in [0.05, 0.1) is 6.54 Å². The van der Waals surface area contributed by atoms with Crippen LogP contribution in [0.15, 0.2) is 66.7 Å². The topological polar surface area (TPSA) is 373 Å². The van der Waals surface area contributed by atoms with Crippen LogP contribution in [0.3, 0.4) is 0 Å². The first kappa shape index (κ1) is 74.8. The maximum absolute atomic E-state index is 13.6. The number of aliphatic carboxylic acids is 3. The number of urea groups is 1. The van der Waals surface area contributed by atoms with Crippen molar-refractivity contribution in [1.82, 2.24) is 40.9 Å². The molecular formula is C56H77N9O17S. The molecule has 3 amide bonds. The Kier molecular flexibility index (Phi) is 41.8. The molecule has 3 aromatic rings. The number of ketones is 1. The molecule has 0 aliphatic carbocycles. The molecule has 1 heterocycles. The van der Waals surface area contributed by atoms with E-state index in [0.717, 1.165) is 79.7 Å². The number of carbonyl (C=O) groups excluding carboxylic acids is 11. The molecule has 0 aromatic heterocycles. The lowest BCUT2D eigenvalue weighted by atomic mass is 9.91. The fraction of sp³-hybridized carbons (Fsp3) is 0.518. The van der Waals surface area contributed by atoms with Gasteiger partial charge in [-0.1, -0.05) is 61.0 Å². The average molecular weight is 1180 g/mol. The standard InChI is InChI=1S/C52H77N9O9S.4CO2/c1-58-26-27-59(2)30-31-61(37-48(65)66)44(36-60(3)29-28-58)34-38-18-21-43(22-19-38)56-52(71)55-24-9-4-5-14-45(62)35-42(33-39-17-20-40-12-6-7-13-41(40)32-39)49(67)53-23-10-8-15-46(50(68)69)57-51(70)54-25-11-16-47(63)64;4*2-1-3/h6-7,12-13,17-22,32,42,44,46H,4-5,8-11,14-16,23-31,33-37H2,1-3H3,(H,53,67)(H,63,64)(H,65,66)(H,68,69)(H2,54,57,70)(H2,55,56,71);;;;/t42-,44?,46+;;;;/m1..../s1. The molecule has 8 N–H and O–H groups in total. The Morgan fingerprint density at radius 2 is 1.14 bits per heavy atom. The van der Waals surface area contributed by atoms with E-state index in [2.05, 4.69) is 79.5 Å². The quantitative estimate of drug-likeness (QED) is 0.0400. The third-order valence-corrected chi connectivity index (χ3v) is 13.0. The van der Waals surface area contributed by atoms with Crippen molar-refractivity contribution in [3.63, 3.8) is 0 Å². The summed E-state index contributed by atoms with van der Waals surface area (Å²) in [6, 6.07) is 20.3. The Morgan fingerprint density at radius 3 is 1.73 bits per heavy atom. The van der Waals surface area contributed by atoms with E-state index >= 15 is 0 Å². The number of unbranched alkanes of at least 4 members (excludes halogenated alkanes) is 3. The van der Waals surface area contributed by atoms with Crippen molar-refractivity contribution in [3.05, 3.63) is 77.9 Å². The normalized spacial score (nSPS) is 14.4. The number of carboxylic acids is 3. The highest BCUT2D eigenvalue weighted by molar-refractivity contribution is 7.80. The van der Waals surface area contributed by atoms with Gasteiger partial charge in [0.2, 0.25) is 5.91 Å². The molecule has 454 valence electrons. The lowest BCUT2D eigenvalue weighted by Crippen LogP contribution is -2.50.